The van der Waals surface area contributed by atoms with Crippen molar-refractivity contribution in [1.29, 1.82) is 0 Å². The molecule has 0 spiro atoms. The van der Waals surface area contributed by atoms with Gasteiger partial charge in [-0.25, -0.2) is 0 Å². The standard InChI is InChI=1S/C9H12.C6H8/c1-3-9-6-4-8(2)5-7-9;1-3-5-6-4-2/h4-7H,3H2,1-2H3;3-6H,1-2H2/b;6-5-. The highest BCUT2D eigenvalue weighted by Gasteiger charge is 1.84. The van der Waals surface area contributed by atoms with E-state index in [1.165, 1.54) is 11.1 Å². The van der Waals surface area contributed by atoms with Gasteiger partial charge in [-0.15, -0.1) is 0 Å². The average Bonchev–Trinajstić information content (AvgIpc) is 2.28. The Bertz CT molecular complexity index is 291. The van der Waals surface area contributed by atoms with E-state index in [0.29, 0.717) is 0 Å². The SMILES string of the molecule is C=C/C=C\C=C.CCc1ccc(C)cc1. The summed E-state index contributed by atoms with van der Waals surface area (Å²) in [5.41, 5.74) is 2.76. The average molecular weight is 200 g/mol. The normalized spacial score (nSPS) is 9.20. The van der Waals surface area contributed by atoms with Crippen LogP contribution in [0.5, 0.6) is 0 Å². The topological polar surface area (TPSA) is 0 Å². The molecule has 0 aliphatic heterocycles. The molecule has 80 valence electrons. The summed E-state index contributed by atoms with van der Waals surface area (Å²) in [4.78, 5) is 0. The molecule has 0 aromatic heterocycles. The monoisotopic (exact) mass is 200 g/mol. The van der Waals surface area contributed by atoms with Crippen molar-refractivity contribution in [2.24, 2.45) is 0 Å². The Morgan fingerprint density at radius 2 is 1.47 bits per heavy atom. The number of hydrogen-bond acceptors (Lipinski definition) is 0. The molecule has 1 aromatic carbocycles. The van der Waals surface area contributed by atoms with E-state index in [4.69, 9.17) is 0 Å². The van der Waals surface area contributed by atoms with Crippen molar-refractivity contribution in [3.05, 3.63) is 72.9 Å². The fourth-order valence-electron chi connectivity index (χ4n) is 0.981. The maximum absolute atomic E-state index is 3.46. The molecule has 15 heavy (non-hydrogen) atoms. The molecule has 0 radical (unpaired) electrons. The van der Waals surface area contributed by atoms with Crippen LogP contribution in [-0.2, 0) is 6.42 Å². The molecular weight excluding hydrogens is 180 g/mol. The lowest BCUT2D eigenvalue weighted by Gasteiger charge is -1.94. The zero-order chi connectivity index (χ0) is 11.5. The number of aryl methyl sites for hydroxylation is 2. The van der Waals surface area contributed by atoms with E-state index in [2.05, 4.69) is 51.3 Å². The maximum atomic E-state index is 3.46. The van der Waals surface area contributed by atoms with Crippen LogP contribution < -0.4 is 0 Å². The van der Waals surface area contributed by atoms with Crippen LogP contribution in [0.15, 0.2) is 61.7 Å². The molecule has 0 aliphatic rings. The summed E-state index contributed by atoms with van der Waals surface area (Å²) in [7, 11) is 0. The molecule has 0 atom stereocenters. The smallest absolute Gasteiger partial charge is 0.0307 e. The largest absolute Gasteiger partial charge is 0.0991 e. The zero-order valence-corrected chi connectivity index (χ0v) is 9.74. The van der Waals surface area contributed by atoms with Crippen LogP contribution in [0.25, 0.3) is 0 Å². The van der Waals surface area contributed by atoms with E-state index in [-0.39, 0.29) is 0 Å². The molecule has 0 bridgehead atoms. The summed E-state index contributed by atoms with van der Waals surface area (Å²) in [5, 5.41) is 0. The van der Waals surface area contributed by atoms with Crippen LogP contribution in [-0.4, -0.2) is 0 Å². The van der Waals surface area contributed by atoms with Gasteiger partial charge in [0.2, 0.25) is 0 Å². The summed E-state index contributed by atoms with van der Waals surface area (Å²) < 4.78 is 0. The highest BCUT2D eigenvalue weighted by molar-refractivity contribution is 5.20. The third-order valence-electron chi connectivity index (χ3n) is 1.91. The second kappa shape index (κ2) is 9.01. The van der Waals surface area contributed by atoms with Crippen LogP contribution in [0.2, 0.25) is 0 Å². The highest BCUT2D eigenvalue weighted by Crippen LogP contribution is 2.02. The first-order valence-corrected chi connectivity index (χ1v) is 5.20. The van der Waals surface area contributed by atoms with E-state index in [9.17, 15) is 0 Å². The van der Waals surface area contributed by atoms with Gasteiger partial charge < -0.3 is 0 Å². The Morgan fingerprint density at radius 1 is 1.00 bits per heavy atom. The minimum absolute atomic E-state index is 1.14. The number of hydrogen-bond donors (Lipinski definition) is 0. The molecule has 0 heterocycles. The van der Waals surface area contributed by atoms with Crippen molar-refractivity contribution in [3.63, 3.8) is 0 Å². The van der Waals surface area contributed by atoms with E-state index in [1.807, 2.05) is 12.2 Å². The second-order valence-electron chi connectivity index (χ2n) is 3.20. The van der Waals surface area contributed by atoms with Gasteiger partial charge in [-0.2, -0.15) is 0 Å². The van der Waals surface area contributed by atoms with Crippen LogP contribution in [0, 0.1) is 6.92 Å². The van der Waals surface area contributed by atoms with Crippen molar-refractivity contribution in [1.82, 2.24) is 0 Å². The molecular formula is C15H20. The molecule has 0 aliphatic carbocycles. The van der Waals surface area contributed by atoms with Gasteiger partial charge in [0.1, 0.15) is 0 Å². The van der Waals surface area contributed by atoms with Gasteiger partial charge in [-0.1, -0.05) is 74.2 Å². The Labute approximate surface area is 93.7 Å². The summed E-state index contributed by atoms with van der Waals surface area (Å²) in [6.45, 7) is 11.2. The van der Waals surface area contributed by atoms with Crippen LogP contribution in [0.4, 0.5) is 0 Å². The van der Waals surface area contributed by atoms with Crippen molar-refractivity contribution in [3.8, 4) is 0 Å². The lowest BCUT2D eigenvalue weighted by atomic mass is 10.1. The lowest BCUT2D eigenvalue weighted by Crippen LogP contribution is -1.77. The van der Waals surface area contributed by atoms with Crippen LogP contribution in [0.1, 0.15) is 18.1 Å². The van der Waals surface area contributed by atoms with Gasteiger partial charge in [-0.3, -0.25) is 0 Å². The van der Waals surface area contributed by atoms with E-state index < -0.39 is 0 Å². The first kappa shape index (κ1) is 13.4. The van der Waals surface area contributed by atoms with E-state index >= 15 is 0 Å². The first-order valence-electron chi connectivity index (χ1n) is 5.20. The molecule has 0 amide bonds. The van der Waals surface area contributed by atoms with Crippen molar-refractivity contribution >= 4 is 0 Å². The molecule has 1 rings (SSSR count). The molecule has 0 fully saturated rings. The molecule has 0 saturated carbocycles. The fraction of sp³-hybridized carbons (Fsp3) is 0.200. The number of benzene rings is 1. The Kier molecular flexibility index (Phi) is 8.08. The van der Waals surface area contributed by atoms with Gasteiger partial charge in [0.15, 0.2) is 0 Å². The van der Waals surface area contributed by atoms with Crippen LogP contribution >= 0.6 is 0 Å². The summed E-state index contributed by atoms with van der Waals surface area (Å²) in [6, 6.07) is 8.66. The van der Waals surface area contributed by atoms with E-state index in [1.54, 1.807) is 12.2 Å². The van der Waals surface area contributed by atoms with Gasteiger partial charge in [0.25, 0.3) is 0 Å². The molecule has 0 heteroatoms. The molecule has 0 unspecified atom stereocenters. The summed E-state index contributed by atoms with van der Waals surface area (Å²) in [5.74, 6) is 0. The van der Waals surface area contributed by atoms with Gasteiger partial charge in [-0.05, 0) is 18.9 Å². The summed E-state index contributed by atoms with van der Waals surface area (Å²) in [6.07, 6.45) is 8.21. The lowest BCUT2D eigenvalue weighted by molar-refractivity contribution is 1.14. The molecule has 0 nitrogen and oxygen atoms in total. The highest BCUT2D eigenvalue weighted by atomic mass is 13.9. The predicted octanol–water partition coefficient (Wildman–Crippen LogP) is 4.47. The Hall–Kier alpha value is -1.56. The maximum Gasteiger partial charge on any atom is -0.0307 e. The van der Waals surface area contributed by atoms with Gasteiger partial charge in [0, 0.05) is 0 Å². The molecule has 1 aromatic rings. The van der Waals surface area contributed by atoms with Gasteiger partial charge >= 0.3 is 0 Å². The van der Waals surface area contributed by atoms with Crippen molar-refractivity contribution in [2.75, 3.05) is 0 Å². The second-order valence-corrected chi connectivity index (χ2v) is 3.20. The fourth-order valence-corrected chi connectivity index (χ4v) is 0.981. The zero-order valence-electron chi connectivity index (χ0n) is 9.74. The van der Waals surface area contributed by atoms with Crippen LogP contribution in [0.3, 0.4) is 0 Å². The third-order valence-corrected chi connectivity index (χ3v) is 1.91. The first-order chi connectivity index (χ1) is 7.24. The third kappa shape index (κ3) is 7.51. The van der Waals surface area contributed by atoms with Crippen molar-refractivity contribution < 1.29 is 0 Å². The Balaban J connectivity index is 0.000000288. The molecule has 0 saturated heterocycles. The van der Waals surface area contributed by atoms with E-state index in [0.717, 1.165) is 6.42 Å². The quantitative estimate of drug-likeness (QED) is 0.631. The minimum atomic E-state index is 1.14. The molecule has 0 N–H and O–H groups in total. The number of allylic oxidation sites excluding steroid dienone is 4. The van der Waals surface area contributed by atoms with Gasteiger partial charge in [0.05, 0.1) is 0 Å². The van der Waals surface area contributed by atoms with Crippen molar-refractivity contribution in [2.45, 2.75) is 20.3 Å². The predicted molar refractivity (Wildman–Crippen MR) is 70.1 cm³/mol. The summed E-state index contributed by atoms with van der Waals surface area (Å²) >= 11 is 0. The minimum Gasteiger partial charge on any atom is -0.0991 e. The number of rotatable bonds is 3. The Morgan fingerprint density at radius 3 is 1.80 bits per heavy atom.